The van der Waals surface area contributed by atoms with Gasteiger partial charge in [0, 0.05) is 51.4 Å². The second kappa shape index (κ2) is 9.91. The minimum atomic E-state index is -0.0488. The Morgan fingerprint density at radius 1 is 0.933 bits per heavy atom. The summed E-state index contributed by atoms with van der Waals surface area (Å²) in [6, 6.07) is 11.3. The van der Waals surface area contributed by atoms with Crippen LogP contribution in [0.1, 0.15) is 39.3 Å². The summed E-state index contributed by atoms with van der Waals surface area (Å²) in [5, 5.41) is 3.04. The summed E-state index contributed by atoms with van der Waals surface area (Å²) < 4.78 is 5.22. The molecule has 2 saturated heterocycles. The monoisotopic (exact) mass is 410 g/mol. The highest BCUT2D eigenvalue weighted by molar-refractivity contribution is 5.94. The number of benzene rings is 1. The molecule has 0 unspecified atom stereocenters. The predicted octanol–water partition coefficient (Wildman–Crippen LogP) is 2.06. The van der Waals surface area contributed by atoms with Crippen LogP contribution in [0.25, 0.3) is 0 Å². The zero-order chi connectivity index (χ0) is 20.8. The number of furan rings is 1. The molecule has 0 spiro atoms. The average molecular weight is 411 g/mol. The van der Waals surface area contributed by atoms with E-state index in [1.165, 1.54) is 19.1 Å². The Hall–Kier alpha value is -2.64. The number of amides is 2. The van der Waals surface area contributed by atoms with E-state index in [0.29, 0.717) is 31.0 Å². The van der Waals surface area contributed by atoms with E-state index in [4.69, 9.17) is 4.42 Å². The van der Waals surface area contributed by atoms with E-state index in [-0.39, 0.29) is 11.8 Å². The number of carbonyl (C=O) groups excluding carboxylic acids is 2. The number of rotatable bonds is 7. The maximum absolute atomic E-state index is 12.5. The SMILES string of the molecule is O=C(NCCN1CCCC1)c1cccc(CN2CCN(C(=O)c3ccco3)CC2)c1. The molecule has 7 heteroatoms. The number of piperazine rings is 1. The van der Waals surface area contributed by atoms with Gasteiger partial charge in [-0.05, 0) is 55.8 Å². The summed E-state index contributed by atoms with van der Waals surface area (Å²) in [7, 11) is 0. The summed E-state index contributed by atoms with van der Waals surface area (Å²) in [5.41, 5.74) is 1.83. The van der Waals surface area contributed by atoms with Crippen LogP contribution < -0.4 is 5.32 Å². The number of hydrogen-bond acceptors (Lipinski definition) is 5. The van der Waals surface area contributed by atoms with E-state index in [1.807, 2.05) is 23.1 Å². The fourth-order valence-corrected chi connectivity index (χ4v) is 4.17. The molecule has 2 fully saturated rings. The minimum absolute atomic E-state index is 0.00934. The lowest BCUT2D eigenvalue weighted by Crippen LogP contribution is -2.48. The Bertz CT molecular complexity index is 838. The molecule has 3 heterocycles. The normalized spacial score (nSPS) is 17.9. The first kappa shape index (κ1) is 20.6. The van der Waals surface area contributed by atoms with Crippen molar-refractivity contribution in [2.45, 2.75) is 19.4 Å². The third-order valence-electron chi connectivity index (χ3n) is 5.90. The highest BCUT2D eigenvalue weighted by Crippen LogP contribution is 2.13. The first-order chi connectivity index (χ1) is 14.7. The molecule has 160 valence electrons. The second-order valence-electron chi connectivity index (χ2n) is 8.05. The Morgan fingerprint density at radius 2 is 1.73 bits per heavy atom. The van der Waals surface area contributed by atoms with Crippen LogP contribution >= 0.6 is 0 Å². The second-order valence-corrected chi connectivity index (χ2v) is 8.05. The van der Waals surface area contributed by atoms with Gasteiger partial charge in [-0.15, -0.1) is 0 Å². The molecule has 0 radical (unpaired) electrons. The fourth-order valence-electron chi connectivity index (χ4n) is 4.17. The molecular weight excluding hydrogens is 380 g/mol. The van der Waals surface area contributed by atoms with Crippen molar-refractivity contribution in [1.29, 1.82) is 0 Å². The van der Waals surface area contributed by atoms with E-state index >= 15 is 0 Å². The quantitative estimate of drug-likeness (QED) is 0.757. The number of nitrogens with one attached hydrogen (secondary N) is 1. The fraction of sp³-hybridized carbons (Fsp3) is 0.478. The molecule has 2 aliphatic rings. The molecule has 2 aliphatic heterocycles. The molecule has 1 aromatic heterocycles. The Balaban J connectivity index is 1.24. The smallest absolute Gasteiger partial charge is 0.289 e. The van der Waals surface area contributed by atoms with Crippen molar-refractivity contribution in [2.24, 2.45) is 0 Å². The molecule has 2 amide bonds. The predicted molar refractivity (Wildman–Crippen MR) is 114 cm³/mol. The van der Waals surface area contributed by atoms with Gasteiger partial charge in [0.15, 0.2) is 5.76 Å². The van der Waals surface area contributed by atoms with Gasteiger partial charge < -0.3 is 19.5 Å². The van der Waals surface area contributed by atoms with E-state index in [1.54, 1.807) is 12.1 Å². The van der Waals surface area contributed by atoms with Gasteiger partial charge in [0.25, 0.3) is 11.8 Å². The van der Waals surface area contributed by atoms with Crippen LogP contribution in [0.15, 0.2) is 47.1 Å². The summed E-state index contributed by atoms with van der Waals surface area (Å²) in [5.74, 6) is 0.337. The summed E-state index contributed by atoms with van der Waals surface area (Å²) in [6.45, 7) is 7.64. The van der Waals surface area contributed by atoms with Crippen molar-refractivity contribution in [3.05, 3.63) is 59.5 Å². The highest BCUT2D eigenvalue weighted by Gasteiger charge is 2.23. The lowest BCUT2D eigenvalue weighted by molar-refractivity contribution is 0.0597. The Labute approximate surface area is 177 Å². The Morgan fingerprint density at radius 3 is 2.47 bits per heavy atom. The zero-order valence-electron chi connectivity index (χ0n) is 17.4. The van der Waals surface area contributed by atoms with Crippen LogP contribution in [0.4, 0.5) is 0 Å². The van der Waals surface area contributed by atoms with Crippen molar-refractivity contribution in [3.63, 3.8) is 0 Å². The van der Waals surface area contributed by atoms with Crippen LogP contribution in [0.2, 0.25) is 0 Å². The summed E-state index contributed by atoms with van der Waals surface area (Å²) >= 11 is 0. The maximum atomic E-state index is 12.5. The van der Waals surface area contributed by atoms with Crippen LogP contribution in [-0.2, 0) is 6.54 Å². The van der Waals surface area contributed by atoms with Crippen LogP contribution in [0.3, 0.4) is 0 Å². The molecule has 0 atom stereocenters. The average Bonchev–Trinajstić information content (AvgIpc) is 3.48. The van der Waals surface area contributed by atoms with Gasteiger partial charge in [0.05, 0.1) is 6.26 Å². The standard InChI is InChI=1S/C23H30N4O3/c28-22(24-8-11-25-9-1-2-10-25)20-6-3-5-19(17-20)18-26-12-14-27(15-13-26)23(29)21-7-4-16-30-21/h3-7,16-17H,1-2,8-15,18H2,(H,24,28). The minimum Gasteiger partial charge on any atom is -0.459 e. The largest absolute Gasteiger partial charge is 0.459 e. The topological polar surface area (TPSA) is 69.0 Å². The van der Waals surface area contributed by atoms with Gasteiger partial charge in [-0.1, -0.05) is 12.1 Å². The van der Waals surface area contributed by atoms with E-state index in [9.17, 15) is 9.59 Å². The van der Waals surface area contributed by atoms with Gasteiger partial charge in [-0.25, -0.2) is 0 Å². The number of likely N-dealkylation sites (tertiary alicyclic amines) is 1. The summed E-state index contributed by atoms with van der Waals surface area (Å²) in [6.07, 6.45) is 4.06. The van der Waals surface area contributed by atoms with Gasteiger partial charge in [-0.2, -0.15) is 0 Å². The molecule has 2 aromatic rings. The first-order valence-electron chi connectivity index (χ1n) is 10.8. The summed E-state index contributed by atoms with van der Waals surface area (Å²) in [4.78, 5) is 31.4. The molecule has 1 aromatic carbocycles. The molecule has 30 heavy (non-hydrogen) atoms. The third-order valence-corrected chi connectivity index (χ3v) is 5.90. The van der Waals surface area contributed by atoms with E-state index < -0.39 is 0 Å². The molecule has 0 saturated carbocycles. The van der Waals surface area contributed by atoms with Gasteiger partial charge in [0.2, 0.25) is 0 Å². The van der Waals surface area contributed by atoms with Crippen LogP contribution in [0.5, 0.6) is 0 Å². The van der Waals surface area contributed by atoms with Crippen molar-refractivity contribution in [2.75, 3.05) is 52.4 Å². The van der Waals surface area contributed by atoms with E-state index in [0.717, 1.165) is 44.8 Å². The zero-order valence-corrected chi connectivity index (χ0v) is 17.4. The lowest BCUT2D eigenvalue weighted by Gasteiger charge is -2.34. The van der Waals surface area contributed by atoms with Crippen LogP contribution in [0, 0.1) is 0 Å². The maximum Gasteiger partial charge on any atom is 0.289 e. The van der Waals surface area contributed by atoms with Crippen molar-refractivity contribution < 1.29 is 14.0 Å². The van der Waals surface area contributed by atoms with Gasteiger partial charge >= 0.3 is 0 Å². The lowest BCUT2D eigenvalue weighted by atomic mass is 10.1. The molecule has 0 aliphatic carbocycles. The molecule has 1 N–H and O–H groups in total. The number of carbonyl (C=O) groups is 2. The Kier molecular flexibility index (Phi) is 6.81. The number of hydrogen-bond donors (Lipinski definition) is 1. The van der Waals surface area contributed by atoms with Crippen molar-refractivity contribution >= 4 is 11.8 Å². The molecule has 7 nitrogen and oxygen atoms in total. The molecule has 0 bridgehead atoms. The van der Waals surface area contributed by atoms with Crippen LogP contribution in [-0.4, -0.2) is 78.9 Å². The van der Waals surface area contributed by atoms with Gasteiger partial charge in [0.1, 0.15) is 0 Å². The van der Waals surface area contributed by atoms with Crippen molar-refractivity contribution in [1.82, 2.24) is 20.0 Å². The van der Waals surface area contributed by atoms with Gasteiger partial charge in [-0.3, -0.25) is 14.5 Å². The number of nitrogens with zero attached hydrogens (tertiary/aromatic N) is 3. The highest BCUT2D eigenvalue weighted by atomic mass is 16.3. The molecule has 4 rings (SSSR count). The third kappa shape index (κ3) is 5.29. The molecular formula is C23H30N4O3. The van der Waals surface area contributed by atoms with E-state index in [2.05, 4.69) is 21.2 Å². The van der Waals surface area contributed by atoms with Crippen molar-refractivity contribution in [3.8, 4) is 0 Å². The first-order valence-corrected chi connectivity index (χ1v) is 10.8.